The summed E-state index contributed by atoms with van der Waals surface area (Å²) in [6.07, 6.45) is 0. The lowest BCUT2D eigenvalue weighted by Crippen LogP contribution is -2.09. The van der Waals surface area contributed by atoms with Crippen molar-refractivity contribution in [2.24, 2.45) is 0 Å². The highest BCUT2D eigenvalue weighted by atomic mass is 16.3. The van der Waals surface area contributed by atoms with E-state index in [1.54, 1.807) is 0 Å². The zero-order valence-corrected chi connectivity index (χ0v) is 23.2. The molecule has 3 heteroatoms. The fourth-order valence-corrected chi connectivity index (χ4v) is 6.46. The Kier molecular flexibility index (Phi) is 5.20. The first-order chi connectivity index (χ1) is 21.3. The molecule has 2 aromatic heterocycles. The summed E-state index contributed by atoms with van der Waals surface area (Å²) in [5.41, 5.74) is 8.85. The Morgan fingerprint density at radius 3 is 1.79 bits per heavy atom. The van der Waals surface area contributed by atoms with Crippen LogP contribution in [0.4, 0.5) is 17.1 Å². The van der Waals surface area contributed by atoms with E-state index in [0.717, 1.165) is 72.1 Å². The number of hydrogen-bond acceptors (Lipinski definition) is 3. The zero-order chi connectivity index (χ0) is 28.3. The molecule has 43 heavy (non-hydrogen) atoms. The first-order valence-corrected chi connectivity index (χ1v) is 14.5. The number of anilines is 3. The van der Waals surface area contributed by atoms with Gasteiger partial charge in [-0.2, -0.15) is 0 Å². The minimum absolute atomic E-state index is 0.854. The van der Waals surface area contributed by atoms with Gasteiger partial charge in [-0.15, -0.1) is 0 Å². The number of hydrogen-bond donors (Lipinski definition) is 0. The van der Waals surface area contributed by atoms with Crippen LogP contribution < -0.4 is 4.90 Å². The number of para-hydroxylation sites is 2. The molecule has 9 rings (SSSR count). The highest BCUT2D eigenvalue weighted by Crippen LogP contribution is 2.44. The van der Waals surface area contributed by atoms with Crippen molar-refractivity contribution in [3.05, 3.63) is 152 Å². The summed E-state index contributed by atoms with van der Waals surface area (Å²) in [6.45, 7) is 0. The number of fused-ring (bicyclic) bond motifs is 8. The Bertz CT molecular complexity index is 2450. The average molecular weight is 552 g/mol. The van der Waals surface area contributed by atoms with Gasteiger partial charge in [-0.3, -0.25) is 0 Å². The topological polar surface area (TPSA) is 29.5 Å². The zero-order valence-electron chi connectivity index (χ0n) is 23.2. The van der Waals surface area contributed by atoms with E-state index >= 15 is 0 Å². The van der Waals surface area contributed by atoms with Gasteiger partial charge < -0.3 is 13.7 Å². The van der Waals surface area contributed by atoms with Crippen molar-refractivity contribution >= 4 is 71.7 Å². The molecule has 0 saturated heterocycles. The van der Waals surface area contributed by atoms with E-state index in [0.29, 0.717) is 0 Å². The van der Waals surface area contributed by atoms with Crippen LogP contribution in [0.1, 0.15) is 0 Å². The Labute approximate surface area is 247 Å². The summed E-state index contributed by atoms with van der Waals surface area (Å²) in [5, 5.41) is 6.88. The van der Waals surface area contributed by atoms with Crippen molar-refractivity contribution in [2.45, 2.75) is 0 Å². The van der Waals surface area contributed by atoms with Gasteiger partial charge in [0.2, 0.25) is 0 Å². The Balaban J connectivity index is 1.28. The standard InChI is InChI=1S/C40H25NO2/c1-3-11-26(12-4-1)35-23-27-13-7-8-16-31(27)39-34-22-20-30(25-38(34)43-40(35)39)41(28-14-5-2-6-15-28)29-19-21-33-32-17-9-10-18-36(32)42-37(33)24-29/h1-25H. The van der Waals surface area contributed by atoms with Crippen LogP contribution in [-0.4, -0.2) is 0 Å². The highest BCUT2D eigenvalue weighted by Gasteiger charge is 2.20. The molecule has 0 saturated carbocycles. The Morgan fingerprint density at radius 1 is 0.395 bits per heavy atom. The molecule has 202 valence electrons. The van der Waals surface area contributed by atoms with Crippen molar-refractivity contribution in [1.29, 1.82) is 0 Å². The lowest BCUT2D eigenvalue weighted by molar-refractivity contribution is 0.669. The second-order valence-corrected chi connectivity index (χ2v) is 10.9. The lowest BCUT2D eigenvalue weighted by Gasteiger charge is -2.25. The average Bonchev–Trinajstić information content (AvgIpc) is 3.64. The molecule has 7 aromatic carbocycles. The maximum atomic E-state index is 6.77. The summed E-state index contributed by atoms with van der Waals surface area (Å²) in [5.74, 6) is 0. The molecule has 9 aromatic rings. The van der Waals surface area contributed by atoms with Crippen molar-refractivity contribution < 1.29 is 8.83 Å². The first kappa shape index (κ1) is 23.9. The molecule has 0 unspecified atom stereocenters. The summed E-state index contributed by atoms with van der Waals surface area (Å²) >= 11 is 0. The Hall–Kier alpha value is -5.80. The van der Waals surface area contributed by atoms with Gasteiger partial charge in [-0.1, -0.05) is 91.0 Å². The molecule has 0 radical (unpaired) electrons. The molecule has 0 bridgehead atoms. The van der Waals surface area contributed by atoms with Gasteiger partial charge in [0.1, 0.15) is 22.3 Å². The van der Waals surface area contributed by atoms with E-state index in [1.165, 1.54) is 10.8 Å². The lowest BCUT2D eigenvalue weighted by atomic mass is 9.96. The third kappa shape index (κ3) is 3.75. The molecule has 2 heterocycles. The van der Waals surface area contributed by atoms with Gasteiger partial charge in [0.05, 0.1) is 0 Å². The van der Waals surface area contributed by atoms with Crippen molar-refractivity contribution in [3.8, 4) is 11.1 Å². The van der Waals surface area contributed by atoms with Gasteiger partial charge in [-0.05, 0) is 64.9 Å². The highest BCUT2D eigenvalue weighted by molar-refractivity contribution is 6.22. The van der Waals surface area contributed by atoms with Gasteiger partial charge in [0.25, 0.3) is 0 Å². The van der Waals surface area contributed by atoms with Gasteiger partial charge in [-0.25, -0.2) is 0 Å². The summed E-state index contributed by atoms with van der Waals surface area (Å²) < 4.78 is 13.0. The quantitative estimate of drug-likeness (QED) is 0.218. The van der Waals surface area contributed by atoms with Crippen molar-refractivity contribution in [3.63, 3.8) is 0 Å². The van der Waals surface area contributed by atoms with Crippen LogP contribution >= 0.6 is 0 Å². The van der Waals surface area contributed by atoms with Crippen LogP contribution in [0.3, 0.4) is 0 Å². The summed E-state index contributed by atoms with van der Waals surface area (Å²) in [4.78, 5) is 2.26. The monoisotopic (exact) mass is 551 g/mol. The van der Waals surface area contributed by atoms with E-state index in [-0.39, 0.29) is 0 Å². The van der Waals surface area contributed by atoms with Crippen LogP contribution in [0.15, 0.2) is 160 Å². The number of furan rings is 2. The normalized spacial score (nSPS) is 11.7. The first-order valence-electron chi connectivity index (χ1n) is 14.5. The van der Waals surface area contributed by atoms with Gasteiger partial charge >= 0.3 is 0 Å². The van der Waals surface area contributed by atoms with Gasteiger partial charge in [0.15, 0.2) is 0 Å². The second-order valence-electron chi connectivity index (χ2n) is 10.9. The largest absolute Gasteiger partial charge is 0.456 e. The molecule has 0 aliphatic rings. The molecular formula is C40H25NO2. The van der Waals surface area contributed by atoms with E-state index in [2.05, 4.69) is 132 Å². The van der Waals surface area contributed by atoms with E-state index in [9.17, 15) is 0 Å². The third-order valence-corrected chi connectivity index (χ3v) is 8.43. The van der Waals surface area contributed by atoms with Crippen molar-refractivity contribution in [1.82, 2.24) is 0 Å². The predicted octanol–water partition coefficient (Wildman–Crippen LogP) is 11.8. The maximum absolute atomic E-state index is 6.77. The van der Waals surface area contributed by atoms with Crippen LogP contribution in [0.25, 0.3) is 65.8 Å². The van der Waals surface area contributed by atoms with Crippen LogP contribution in [0.5, 0.6) is 0 Å². The van der Waals surface area contributed by atoms with Crippen LogP contribution in [0, 0.1) is 0 Å². The molecule has 0 fully saturated rings. The Morgan fingerprint density at radius 2 is 1.00 bits per heavy atom. The molecule has 0 N–H and O–H groups in total. The fraction of sp³-hybridized carbons (Fsp3) is 0. The number of rotatable bonds is 4. The number of benzene rings is 7. The molecule has 0 aliphatic heterocycles. The second kappa shape index (κ2) is 9.37. The predicted molar refractivity (Wildman–Crippen MR) is 179 cm³/mol. The third-order valence-electron chi connectivity index (χ3n) is 8.43. The summed E-state index contributed by atoms with van der Waals surface area (Å²) in [6, 6.07) is 53.0. The van der Waals surface area contributed by atoms with Gasteiger partial charge in [0, 0.05) is 56.3 Å². The molecule has 3 nitrogen and oxygen atoms in total. The van der Waals surface area contributed by atoms with Crippen LogP contribution in [0.2, 0.25) is 0 Å². The van der Waals surface area contributed by atoms with Crippen molar-refractivity contribution in [2.75, 3.05) is 4.90 Å². The molecule has 0 atom stereocenters. The van der Waals surface area contributed by atoms with Crippen LogP contribution in [-0.2, 0) is 0 Å². The molecule has 0 spiro atoms. The molecule has 0 aliphatic carbocycles. The minimum Gasteiger partial charge on any atom is -0.456 e. The number of nitrogens with zero attached hydrogens (tertiary/aromatic N) is 1. The van der Waals surface area contributed by atoms with E-state index in [1.807, 2.05) is 24.3 Å². The maximum Gasteiger partial charge on any atom is 0.143 e. The smallest absolute Gasteiger partial charge is 0.143 e. The SMILES string of the molecule is c1ccc(-c2cc3ccccc3c3c2oc2cc(N(c4ccccc4)c4ccc5c(c4)oc4ccccc45)ccc23)cc1. The molecular weight excluding hydrogens is 526 g/mol. The van der Waals surface area contributed by atoms with E-state index < -0.39 is 0 Å². The summed E-state index contributed by atoms with van der Waals surface area (Å²) in [7, 11) is 0. The molecule has 0 amide bonds. The minimum atomic E-state index is 0.854. The van der Waals surface area contributed by atoms with E-state index in [4.69, 9.17) is 8.83 Å². The fourth-order valence-electron chi connectivity index (χ4n) is 6.46.